The van der Waals surface area contributed by atoms with Crippen molar-refractivity contribution >= 4 is 12.6 Å². The van der Waals surface area contributed by atoms with Crippen molar-refractivity contribution in [3.8, 4) is 0 Å². The maximum absolute atomic E-state index is 5.09. The van der Waals surface area contributed by atoms with Crippen molar-refractivity contribution in [1.29, 1.82) is 0 Å². The Morgan fingerprint density at radius 1 is 1.40 bits per heavy atom. The molecule has 0 aromatic heterocycles. The van der Waals surface area contributed by atoms with Gasteiger partial charge in [0, 0.05) is 19.4 Å². The first-order chi connectivity index (χ1) is 4.91. The number of hydrogen-bond donors (Lipinski definition) is 2. The molecule has 0 spiro atoms. The van der Waals surface area contributed by atoms with E-state index in [1.807, 2.05) is 0 Å². The minimum atomic E-state index is 0.587. The van der Waals surface area contributed by atoms with Crippen LogP contribution in [-0.2, 0) is 9.47 Å². The maximum Gasteiger partial charge on any atom is 0.0966 e. The van der Waals surface area contributed by atoms with Gasteiger partial charge in [0.1, 0.15) is 0 Å². The second kappa shape index (κ2) is 9.23. The minimum absolute atomic E-state index is 0.587. The fourth-order valence-electron chi connectivity index (χ4n) is 0.455. The van der Waals surface area contributed by atoms with E-state index in [0.717, 1.165) is 18.9 Å². The Morgan fingerprint density at radius 3 is 2.80 bits per heavy atom. The standard InChI is InChI=1S/C6H15NO2S/c1-8-3-2-7-6-9-4-5-10/h7,10H,2-6H2,1H3. The number of methoxy groups -OCH3 is 1. The molecule has 0 fully saturated rings. The highest BCUT2D eigenvalue weighted by atomic mass is 32.1. The van der Waals surface area contributed by atoms with E-state index >= 15 is 0 Å². The molecule has 0 aromatic rings. The van der Waals surface area contributed by atoms with Gasteiger partial charge in [0.2, 0.25) is 0 Å². The number of hydrogen-bond acceptors (Lipinski definition) is 4. The SMILES string of the molecule is COCCNCOCCS. The average molecular weight is 165 g/mol. The molecule has 0 saturated carbocycles. The summed E-state index contributed by atoms with van der Waals surface area (Å²) in [6, 6.07) is 0. The molecule has 0 atom stereocenters. The second-order valence-electron chi connectivity index (χ2n) is 1.77. The first-order valence-electron chi connectivity index (χ1n) is 3.30. The van der Waals surface area contributed by atoms with Crippen molar-refractivity contribution < 1.29 is 9.47 Å². The van der Waals surface area contributed by atoms with E-state index in [0.29, 0.717) is 13.3 Å². The Balaban J connectivity index is 2.65. The highest BCUT2D eigenvalue weighted by molar-refractivity contribution is 7.80. The van der Waals surface area contributed by atoms with Gasteiger partial charge in [-0.15, -0.1) is 0 Å². The lowest BCUT2D eigenvalue weighted by atomic mass is 10.7. The predicted octanol–water partition coefficient (Wildman–Crippen LogP) is 0.126. The smallest absolute Gasteiger partial charge is 0.0966 e. The summed E-state index contributed by atoms with van der Waals surface area (Å²) in [4.78, 5) is 0. The molecule has 0 bridgehead atoms. The molecule has 1 N–H and O–H groups in total. The van der Waals surface area contributed by atoms with Crippen LogP contribution >= 0.6 is 12.6 Å². The van der Waals surface area contributed by atoms with Gasteiger partial charge < -0.3 is 9.47 Å². The summed E-state index contributed by atoms with van der Waals surface area (Å²) in [6.45, 7) is 2.85. The molecular weight excluding hydrogens is 150 g/mol. The number of rotatable bonds is 7. The summed E-state index contributed by atoms with van der Waals surface area (Å²) < 4.78 is 9.90. The zero-order valence-electron chi connectivity index (χ0n) is 6.30. The number of nitrogens with one attached hydrogen (secondary N) is 1. The van der Waals surface area contributed by atoms with Crippen LogP contribution in [0.5, 0.6) is 0 Å². The topological polar surface area (TPSA) is 30.5 Å². The van der Waals surface area contributed by atoms with Gasteiger partial charge in [-0.2, -0.15) is 12.6 Å². The van der Waals surface area contributed by atoms with E-state index < -0.39 is 0 Å². The Bertz CT molecular complexity index is 55.7. The van der Waals surface area contributed by atoms with Crippen LogP contribution in [0.2, 0.25) is 0 Å². The molecule has 0 aliphatic heterocycles. The molecule has 0 amide bonds. The fraction of sp³-hybridized carbons (Fsp3) is 1.00. The van der Waals surface area contributed by atoms with Gasteiger partial charge in [0.15, 0.2) is 0 Å². The maximum atomic E-state index is 5.09. The third kappa shape index (κ3) is 8.23. The highest BCUT2D eigenvalue weighted by Gasteiger charge is 1.84. The second-order valence-corrected chi connectivity index (χ2v) is 2.22. The first-order valence-corrected chi connectivity index (χ1v) is 3.93. The van der Waals surface area contributed by atoms with Crippen LogP contribution in [0.4, 0.5) is 0 Å². The van der Waals surface area contributed by atoms with Gasteiger partial charge in [0.25, 0.3) is 0 Å². The lowest BCUT2D eigenvalue weighted by Crippen LogP contribution is -2.22. The summed E-state index contributed by atoms with van der Waals surface area (Å²) in [5.41, 5.74) is 0. The Labute approximate surface area is 67.5 Å². The Kier molecular flexibility index (Phi) is 9.44. The molecule has 0 heterocycles. The average Bonchev–Trinajstić information content (AvgIpc) is 1.97. The van der Waals surface area contributed by atoms with E-state index in [1.165, 1.54) is 0 Å². The van der Waals surface area contributed by atoms with Crippen LogP contribution in [0.3, 0.4) is 0 Å². The van der Waals surface area contributed by atoms with Crippen molar-refractivity contribution in [3.05, 3.63) is 0 Å². The van der Waals surface area contributed by atoms with Crippen molar-refractivity contribution in [2.45, 2.75) is 0 Å². The third-order valence-corrected chi connectivity index (χ3v) is 1.11. The fourth-order valence-corrected chi connectivity index (χ4v) is 0.584. The summed E-state index contributed by atoms with van der Waals surface area (Å²) in [7, 11) is 1.68. The summed E-state index contributed by atoms with van der Waals surface area (Å²) in [6.07, 6.45) is 0. The van der Waals surface area contributed by atoms with E-state index in [2.05, 4.69) is 17.9 Å². The summed E-state index contributed by atoms with van der Waals surface area (Å²) in [5, 5.41) is 3.04. The van der Waals surface area contributed by atoms with Gasteiger partial charge in [0.05, 0.1) is 19.9 Å². The van der Waals surface area contributed by atoms with Gasteiger partial charge in [-0.3, -0.25) is 5.32 Å². The molecule has 10 heavy (non-hydrogen) atoms. The molecular formula is C6H15NO2S. The van der Waals surface area contributed by atoms with Crippen LogP contribution in [-0.4, -0.2) is 39.4 Å². The van der Waals surface area contributed by atoms with E-state index in [9.17, 15) is 0 Å². The first kappa shape index (κ1) is 10.2. The molecule has 3 nitrogen and oxygen atoms in total. The van der Waals surface area contributed by atoms with E-state index in [-0.39, 0.29) is 0 Å². The van der Waals surface area contributed by atoms with Crippen LogP contribution in [0.1, 0.15) is 0 Å². The Morgan fingerprint density at radius 2 is 2.20 bits per heavy atom. The van der Waals surface area contributed by atoms with E-state index in [1.54, 1.807) is 7.11 Å². The quantitative estimate of drug-likeness (QED) is 0.319. The molecule has 4 heteroatoms. The largest absolute Gasteiger partial charge is 0.383 e. The molecule has 0 rings (SSSR count). The van der Waals surface area contributed by atoms with Gasteiger partial charge in [-0.25, -0.2) is 0 Å². The van der Waals surface area contributed by atoms with Crippen LogP contribution in [0.25, 0.3) is 0 Å². The zero-order valence-corrected chi connectivity index (χ0v) is 7.19. The molecule has 0 aliphatic rings. The monoisotopic (exact) mass is 165 g/mol. The molecule has 0 aliphatic carbocycles. The molecule has 0 aromatic carbocycles. The zero-order chi connectivity index (χ0) is 7.66. The normalized spacial score (nSPS) is 10.2. The van der Waals surface area contributed by atoms with Crippen LogP contribution in [0, 0.1) is 0 Å². The lowest BCUT2D eigenvalue weighted by Gasteiger charge is -2.03. The van der Waals surface area contributed by atoms with E-state index in [4.69, 9.17) is 9.47 Å². The van der Waals surface area contributed by atoms with Gasteiger partial charge in [-0.05, 0) is 0 Å². The van der Waals surface area contributed by atoms with Crippen molar-refractivity contribution in [3.63, 3.8) is 0 Å². The predicted molar refractivity (Wildman–Crippen MR) is 44.6 cm³/mol. The minimum Gasteiger partial charge on any atom is -0.383 e. The number of ether oxygens (including phenoxy) is 2. The molecule has 0 radical (unpaired) electrons. The van der Waals surface area contributed by atoms with Crippen molar-refractivity contribution in [2.24, 2.45) is 0 Å². The van der Waals surface area contributed by atoms with Crippen LogP contribution in [0.15, 0.2) is 0 Å². The third-order valence-electron chi connectivity index (χ3n) is 0.923. The molecule has 62 valence electrons. The highest BCUT2D eigenvalue weighted by Crippen LogP contribution is 1.74. The lowest BCUT2D eigenvalue weighted by molar-refractivity contribution is 0.119. The summed E-state index contributed by atoms with van der Waals surface area (Å²) >= 11 is 3.99. The summed E-state index contributed by atoms with van der Waals surface area (Å²) in [5.74, 6) is 0.770. The number of thiol groups is 1. The molecule has 0 saturated heterocycles. The van der Waals surface area contributed by atoms with Gasteiger partial charge >= 0.3 is 0 Å². The van der Waals surface area contributed by atoms with Crippen LogP contribution < -0.4 is 5.32 Å². The molecule has 0 unspecified atom stereocenters. The van der Waals surface area contributed by atoms with Gasteiger partial charge in [-0.1, -0.05) is 0 Å². The van der Waals surface area contributed by atoms with Crippen molar-refractivity contribution in [1.82, 2.24) is 5.32 Å². The Hall–Kier alpha value is 0.230. The van der Waals surface area contributed by atoms with Crippen molar-refractivity contribution in [2.75, 3.05) is 39.4 Å².